The minimum atomic E-state index is -0.420. The maximum atomic E-state index is 11.5. The molecule has 68 valence electrons. The number of hydrogen-bond acceptors (Lipinski definition) is 2. The molecule has 1 aliphatic rings. The Hall–Kier alpha value is -1.38. The first-order chi connectivity index (χ1) is 6.12. The molecule has 0 saturated carbocycles. The molecule has 1 N–H and O–H groups in total. The highest BCUT2D eigenvalue weighted by Crippen LogP contribution is 2.29. The quantitative estimate of drug-likeness (QED) is 0.640. The van der Waals surface area contributed by atoms with E-state index in [0.29, 0.717) is 6.54 Å². The fraction of sp³-hybridized carbons (Fsp3) is 0.400. The minimum Gasteiger partial charge on any atom is -0.351 e. The van der Waals surface area contributed by atoms with Crippen molar-refractivity contribution in [3.63, 3.8) is 0 Å². The maximum absolute atomic E-state index is 11.5. The van der Waals surface area contributed by atoms with Crippen LogP contribution >= 0.6 is 0 Å². The Bertz CT molecular complexity index is 358. The molecule has 2 rings (SSSR count). The highest BCUT2D eigenvalue weighted by molar-refractivity contribution is 5.89. The molecule has 0 fully saturated rings. The van der Waals surface area contributed by atoms with Gasteiger partial charge in [0, 0.05) is 18.9 Å². The molecule has 1 aliphatic heterocycles. The van der Waals surface area contributed by atoms with Crippen LogP contribution in [-0.2, 0) is 16.8 Å². The zero-order valence-electron chi connectivity index (χ0n) is 7.79. The Morgan fingerprint density at radius 3 is 3.08 bits per heavy atom. The number of hydrogen-bond donors (Lipinski definition) is 1. The van der Waals surface area contributed by atoms with Crippen molar-refractivity contribution in [3.05, 3.63) is 29.6 Å². The molecular formula is C10H12N2O. The lowest BCUT2D eigenvalue weighted by atomic mass is 9.79. The van der Waals surface area contributed by atoms with Crippen molar-refractivity contribution < 1.29 is 4.79 Å². The molecule has 0 unspecified atom stereocenters. The van der Waals surface area contributed by atoms with Gasteiger partial charge in [-0.15, -0.1) is 0 Å². The number of fused-ring (bicyclic) bond motifs is 1. The summed E-state index contributed by atoms with van der Waals surface area (Å²) in [6.07, 6.45) is 3.55. The van der Waals surface area contributed by atoms with Gasteiger partial charge in [0.15, 0.2) is 0 Å². The third-order valence-electron chi connectivity index (χ3n) is 2.58. The Labute approximate surface area is 77.2 Å². The molecule has 0 spiro atoms. The first-order valence-electron chi connectivity index (χ1n) is 4.34. The van der Waals surface area contributed by atoms with E-state index in [0.717, 1.165) is 11.1 Å². The molecule has 1 aromatic rings. The van der Waals surface area contributed by atoms with Crippen LogP contribution in [0.1, 0.15) is 25.0 Å². The number of pyridine rings is 1. The smallest absolute Gasteiger partial charge is 0.230 e. The molecular weight excluding hydrogens is 164 g/mol. The van der Waals surface area contributed by atoms with E-state index >= 15 is 0 Å². The summed E-state index contributed by atoms with van der Waals surface area (Å²) in [5.74, 6) is 0.0891. The van der Waals surface area contributed by atoms with Crippen LogP contribution in [0.15, 0.2) is 18.5 Å². The number of rotatable bonds is 0. The Kier molecular flexibility index (Phi) is 1.62. The van der Waals surface area contributed by atoms with E-state index in [4.69, 9.17) is 0 Å². The highest BCUT2D eigenvalue weighted by Gasteiger charge is 2.34. The largest absolute Gasteiger partial charge is 0.351 e. The van der Waals surface area contributed by atoms with Gasteiger partial charge >= 0.3 is 0 Å². The van der Waals surface area contributed by atoms with E-state index in [2.05, 4.69) is 10.3 Å². The Morgan fingerprint density at radius 2 is 2.31 bits per heavy atom. The van der Waals surface area contributed by atoms with Crippen LogP contribution in [0.4, 0.5) is 0 Å². The lowest BCUT2D eigenvalue weighted by Crippen LogP contribution is -2.44. The van der Waals surface area contributed by atoms with Gasteiger partial charge in [0.25, 0.3) is 0 Å². The third kappa shape index (κ3) is 1.11. The second kappa shape index (κ2) is 2.55. The van der Waals surface area contributed by atoms with E-state index in [-0.39, 0.29) is 5.91 Å². The number of aromatic nitrogens is 1. The number of nitrogens with one attached hydrogen (secondary N) is 1. The monoisotopic (exact) mass is 176 g/mol. The number of amides is 1. The number of carbonyl (C=O) groups excluding carboxylic acids is 1. The average molecular weight is 176 g/mol. The van der Waals surface area contributed by atoms with Gasteiger partial charge in [-0.25, -0.2) is 0 Å². The summed E-state index contributed by atoms with van der Waals surface area (Å²) in [6.45, 7) is 4.46. The maximum Gasteiger partial charge on any atom is 0.230 e. The van der Waals surface area contributed by atoms with Gasteiger partial charge in [-0.3, -0.25) is 9.78 Å². The topological polar surface area (TPSA) is 42.0 Å². The molecule has 1 amide bonds. The molecule has 0 aromatic carbocycles. The van der Waals surface area contributed by atoms with Crippen LogP contribution < -0.4 is 5.32 Å². The molecule has 2 heterocycles. The zero-order chi connectivity index (χ0) is 9.47. The standard InChI is InChI=1S/C10H12N2O/c1-10(2)8-3-4-11-5-7(8)6-12-9(10)13/h3-5H,6H2,1-2H3,(H,12,13). The molecule has 0 saturated heterocycles. The molecule has 3 heteroatoms. The normalized spacial score (nSPS) is 19.1. The lowest BCUT2D eigenvalue weighted by Gasteiger charge is -2.31. The van der Waals surface area contributed by atoms with E-state index in [1.54, 1.807) is 6.20 Å². The van der Waals surface area contributed by atoms with Crippen molar-refractivity contribution in [1.29, 1.82) is 0 Å². The van der Waals surface area contributed by atoms with Crippen LogP contribution in [0, 0.1) is 0 Å². The predicted octanol–water partition coefficient (Wildman–Crippen LogP) is 0.989. The van der Waals surface area contributed by atoms with Crippen molar-refractivity contribution in [2.45, 2.75) is 25.8 Å². The van der Waals surface area contributed by atoms with Crippen LogP contribution in [-0.4, -0.2) is 10.9 Å². The summed E-state index contributed by atoms with van der Waals surface area (Å²) in [7, 11) is 0. The molecule has 0 bridgehead atoms. The highest BCUT2D eigenvalue weighted by atomic mass is 16.2. The number of nitrogens with zero attached hydrogens (tertiary/aromatic N) is 1. The van der Waals surface area contributed by atoms with E-state index in [9.17, 15) is 4.79 Å². The van der Waals surface area contributed by atoms with Crippen molar-refractivity contribution in [1.82, 2.24) is 10.3 Å². The van der Waals surface area contributed by atoms with Crippen molar-refractivity contribution in [2.75, 3.05) is 0 Å². The van der Waals surface area contributed by atoms with Crippen molar-refractivity contribution in [3.8, 4) is 0 Å². The molecule has 0 atom stereocenters. The van der Waals surface area contributed by atoms with Crippen LogP contribution in [0.5, 0.6) is 0 Å². The van der Waals surface area contributed by atoms with Gasteiger partial charge in [-0.1, -0.05) is 0 Å². The van der Waals surface area contributed by atoms with Gasteiger partial charge in [0.1, 0.15) is 0 Å². The van der Waals surface area contributed by atoms with Gasteiger partial charge < -0.3 is 5.32 Å². The summed E-state index contributed by atoms with van der Waals surface area (Å²) >= 11 is 0. The van der Waals surface area contributed by atoms with Gasteiger partial charge in [-0.05, 0) is 31.0 Å². The zero-order valence-corrected chi connectivity index (χ0v) is 7.79. The first-order valence-corrected chi connectivity index (χ1v) is 4.34. The molecule has 0 aliphatic carbocycles. The summed E-state index contributed by atoms with van der Waals surface area (Å²) in [6, 6.07) is 1.92. The minimum absolute atomic E-state index is 0.0891. The summed E-state index contributed by atoms with van der Waals surface area (Å²) in [5, 5.41) is 2.85. The second-order valence-corrected chi connectivity index (χ2v) is 3.84. The van der Waals surface area contributed by atoms with Crippen LogP contribution in [0.25, 0.3) is 0 Å². The summed E-state index contributed by atoms with van der Waals surface area (Å²) < 4.78 is 0. The van der Waals surface area contributed by atoms with Gasteiger partial charge in [0.05, 0.1) is 5.41 Å². The lowest BCUT2D eigenvalue weighted by molar-refractivity contribution is -0.126. The van der Waals surface area contributed by atoms with Gasteiger partial charge in [0.2, 0.25) is 5.91 Å². The van der Waals surface area contributed by atoms with Crippen LogP contribution in [0.2, 0.25) is 0 Å². The fourth-order valence-corrected chi connectivity index (χ4v) is 1.70. The van der Waals surface area contributed by atoms with Gasteiger partial charge in [-0.2, -0.15) is 0 Å². The summed E-state index contributed by atoms with van der Waals surface area (Å²) in [5.41, 5.74) is 1.79. The second-order valence-electron chi connectivity index (χ2n) is 3.84. The Morgan fingerprint density at radius 1 is 1.54 bits per heavy atom. The fourth-order valence-electron chi connectivity index (χ4n) is 1.70. The SMILES string of the molecule is CC1(C)C(=O)NCc2cnccc21. The molecule has 1 aromatic heterocycles. The molecule has 0 radical (unpaired) electrons. The number of carbonyl (C=O) groups is 1. The predicted molar refractivity (Wildman–Crippen MR) is 49.1 cm³/mol. The van der Waals surface area contributed by atoms with Crippen molar-refractivity contribution >= 4 is 5.91 Å². The molecule has 3 nitrogen and oxygen atoms in total. The van der Waals surface area contributed by atoms with Crippen molar-refractivity contribution in [2.24, 2.45) is 0 Å². The van der Waals surface area contributed by atoms with E-state index in [1.165, 1.54) is 0 Å². The first kappa shape index (κ1) is 8.23. The van der Waals surface area contributed by atoms with E-state index < -0.39 is 5.41 Å². The van der Waals surface area contributed by atoms with E-state index in [1.807, 2.05) is 26.1 Å². The molecule has 13 heavy (non-hydrogen) atoms. The third-order valence-corrected chi connectivity index (χ3v) is 2.58. The average Bonchev–Trinajstić information content (AvgIpc) is 2.13. The summed E-state index contributed by atoms with van der Waals surface area (Å²) in [4.78, 5) is 15.6. The van der Waals surface area contributed by atoms with Crippen LogP contribution in [0.3, 0.4) is 0 Å². The Balaban J connectivity index is 2.59.